The molecule has 0 bridgehead atoms. The highest BCUT2D eigenvalue weighted by molar-refractivity contribution is 7.26. The first-order valence-corrected chi connectivity index (χ1v) is 16.9. The van der Waals surface area contributed by atoms with Crippen molar-refractivity contribution in [3.63, 3.8) is 0 Å². The van der Waals surface area contributed by atoms with E-state index in [1.807, 2.05) is 30.4 Å². The summed E-state index contributed by atoms with van der Waals surface area (Å²) in [6.07, 6.45) is 12.6. The Morgan fingerprint density at radius 1 is 0.638 bits per heavy atom. The number of hydrogen-bond acceptors (Lipinski definition) is 1. The largest absolute Gasteiger partial charge is 0.135 e. The fraction of sp³-hybridized carbons (Fsp3) is 0.0667. The van der Waals surface area contributed by atoms with E-state index in [4.69, 9.17) is 7.85 Å². The molecule has 7 rings (SSSR count). The molecule has 0 aliphatic carbocycles. The molecule has 0 unspecified atom stereocenters. The summed E-state index contributed by atoms with van der Waals surface area (Å²) in [5.41, 5.74) is 10.4. The number of rotatable bonds is 7. The topological polar surface area (TPSA) is 0 Å². The van der Waals surface area contributed by atoms with Crippen LogP contribution in [0, 0.1) is 0 Å². The lowest BCUT2D eigenvalue weighted by Crippen LogP contribution is -2.06. The van der Waals surface area contributed by atoms with Gasteiger partial charge >= 0.3 is 0 Å². The van der Waals surface area contributed by atoms with Gasteiger partial charge in [-0.1, -0.05) is 152 Å². The molecule has 0 saturated heterocycles. The van der Waals surface area contributed by atoms with Crippen LogP contribution in [0.5, 0.6) is 0 Å². The van der Waals surface area contributed by atoms with Gasteiger partial charge in [0.1, 0.15) is 7.85 Å². The highest BCUT2D eigenvalue weighted by atomic mass is 32.1. The zero-order chi connectivity index (χ0) is 32.5. The maximum atomic E-state index is 6.84. The Morgan fingerprint density at radius 3 is 2.06 bits per heavy atom. The standard InChI is InChI=1S/C45H35BS/c1-5-7-16-29(3)30(4)27-28-31(6-2)33-21-15-26-40-43(33)38-24-13-23-37(45(38)47-40)42-35-20-12-11-19-34(35)41(32-17-9-8-10-18-32)44-36(42)22-14-25-39(44)46/h5-28H,2H2,1,3-4H3/b7-5-,29-16+,30-27+,31-28+. The molecular formula is C45H35BS. The number of fused-ring (bicyclic) bond motifs is 5. The number of hydrogen-bond donors (Lipinski definition) is 0. The smallest absolute Gasteiger partial charge is 0.114 e. The second-order valence-corrected chi connectivity index (χ2v) is 13.0. The Balaban J connectivity index is 1.52. The van der Waals surface area contributed by atoms with Crippen molar-refractivity contribution in [2.24, 2.45) is 0 Å². The Morgan fingerprint density at radius 2 is 1.30 bits per heavy atom. The molecule has 2 radical (unpaired) electrons. The maximum absolute atomic E-state index is 6.84. The van der Waals surface area contributed by atoms with Crippen LogP contribution in [0.3, 0.4) is 0 Å². The number of benzene rings is 6. The third-order valence-corrected chi connectivity index (χ3v) is 10.3. The minimum absolute atomic E-state index is 0.791. The molecule has 6 aromatic carbocycles. The van der Waals surface area contributed by atoms with Crippen molar-refractivity contribution in [3.05, 3.63) is 169 Å². The van der Waals surface area contributed by atoms with Crippen LogP contribution in [0.4, 0.5) is 0 Å². The molecule has 0 spiro atoms. The van der Waals surface area contributed by atoms with Crippen molar-refractivity contribution in [2.75, 3.05) is 0 Å². The summed E-state index contributed by atoms with van der Waals surface area (Å²) in [6, 6.07) is 39.1. The molecule has 1 heterocycles. The van der Waals surface area contributed by atoms with Crippen LogP contribution in [0.2, 0.25) is 0 Å². The van der Waals surface area contributed by atoms with E-state index in [0.717, 1.165) is 16.4 Å². The van der Waals surface area contributed by atoms with Gasteiger partial charge in [0, 0.05) is 25.7 Å². The molecule has 0 aliphatic rings. The predicted molar refractivity (Wildman–Crippen MR) is 211 cm³/mol. The van der Waals surface area contributed by atoms with Crippen molar-refractivity contribution >= 4 is 71.9 Å². The average molecular weight is 619 g/mol. The van der Waals surface area contributed by atoms with Gasteiger partial charge in [-0.15, -0.1) is 11.3 Å². The van der Waals surface area contributed by atoms with Gasteiger partial charge in [-0.05, 0) is 87.4 Å². The first-order chi connectivity index (χ1) is 23.0. The van der Waals surface area contributed by atoms with Crippen molar-refractivity contribution < 1.29 is 0 Å². The zero-order valence-corrected chi connectivity index (χ0v) is 27.9. The minimum atomic E-state index is 0.791. The summed E-state index contributed by atoms with van der Waals surface area (Å²) >= 11 is 1.86. The van der Waals surface area contributed by atoms with E-state index in [1.54, 1.807) is 0 Å². The first-order valence-electron chi connectivity index (χ1n) is 16.1. The second kappa shape index (κ2) is 12.9. The van der Waals surface area contributed by atoms with E-state index in [-0.39, 0.29) is 0 Å². The molecule has 0 saturated carbocycles. The van der Waals surface area contributed by atoms with Crippen molar-refractivity contribution in [3.8, 4) is 22.3 Å². The lowest BCUT2D eigenvalue weighted by molar-refractivity contribution is 1.34. The fourth-order valence-corrected chi connectivity index (χ4v) is 7.97. The van der Waals surface area contributed by atoms with Crippen molar-refractivity contribution in [2.45, 2.75) is 20.8 Å². The van der Waals surface area contributed by atoms with Crippen LogP contribution >= 0.6 is 11.3 Å². The van der Waals surface area contributed by atoms with Crippen LogP contribution < -0.4 is 5.46 Å². The summed E-state index contributed by atoms with van der Waals surface area (Å²) < 4.78 is 2.54. The molecule has 0 amide bonds. The van der Waals surface area contributed by atoms with Crippen molar-refractivity contribution in [1.29, 1.82) is 0 Å². The highest BCUT2D eigenvalue weighted by Gasteiger charge is 2.21. The van der Waals surface area contributed by atoms with Gasteiger partial charge in [0.25, 0.3) is 0 Å². The van der Waals surface area contributed by atoms with Crippen molar-refractivity contribution in [1.82, 2.24) is 0 Å². The Bertz CT molecular complexity index is 2450. The van der Waals surface area contributed by atoms with Crippen LogP contribution in [-0.4, -0.2) is 7.85 Å². The Hall–Kier alpha value is -5.18. The molecule has 0 atom stereocenters. The summed E-state index contributed by atoms with van der Waals surface area (Å²) in [6.45, 7) is 10.6. The Labute approximate surface area is 282 Å². The van der Waals surface area contributed by atoms with Crippen LogP contribution in [-0.2, 0) is 0 Å². The summed E-state index contributed by atoms with van der Waals surface area (Å²) in [7, 11) is 6.84. The Kier molecular flexibility index (Phi) is 8.37. The molecule has 1 aromatic heterocycles. The molecule has 0 nitrogen and oxygen atoms in total. The van der Waals surface area contributed by atoms with E-state index in [2.05, 4.69) is 154 Å². The molecular weight excluding hydrogens is 583 g/mol. The lowest BCUT2D eigenvalue weighted by atomic mass is 9.80. The third-order valence-electron chi connectivity index (χ3n) is 9.14. The highest BCUT2D eigenvalue weighted by Crippen LogP contribution is 2.48. The lowest BCUT2D eigenvalue weighted by Gasteiger charge is -2.19. The SMILES string of the molecule is [B]c1cccc2c(-c3cccc4c3sc3cccc(/C(C=C)=C/C=C(C)/C(C)=C/C=C\C)c34)c3ccccc3c(-c3ccccc3)c12. The van der Waals surface area contributed by atoms with E-state index in [0.29, 0.717) is 0 Å². The second-order valence-electron chi connectivity index (χ2n) is 11.9. The summed E-state index contributed by atoms with van der Waals surface area (Å²) in [4.78, 5) is 0. The van der Waals surface area contributed by atoms with Gasteiger partial charge in [-0.2, -0.15) is 0 Å². The molecule has 47 heavy (non-hydrogen) atoms. The van der Waals surface area contributed by atoms with Crippen LogP contribution in [0.15, 0.2) is 163 Å². The van der Waals surface area contributed by atoms with E-state index < -0.39 is 0 Å². The van der Waals surface area contributed by atoms with E-state index in [9.17, 15) is 0 Å². The van der Waals surface area contributed by atoms with Gasteiger partial charge in [0.05, 0.1) is 0 Å². The van der Waals surface area contributed by atoms with Crippen LogP contribution in [0.25, 0.3) is 69.5 Å². The summed E-state index contributed by atoms with van der Waals surface area (Å²) in [5, 5.41) is 7.22. The normalized spacial score (nSPS) is 13.0. The molecule has 7 aromatic rings. The van der Waals surface area contributed by atoms with Gasteiger partial charge < -0.3 is 0 Å². The molecule has 0 N–H and O–H groups in total. The fourth-order valence-electron chi connectivity index (χ4n) is 6.72. The maximum Gasteiger partial charge on any atom is 0.114 e. The van der Waals surface area contributed by atoms with Gasteiger partial charge in [-0.25, -0.2) is 0 Å². The minimum Gasteiger partial charge on any atom is -0.135 e. The van der Waals surface area contributed by atoms with E-state index >= 15 is 0 Å². The molecule has 224 valence electrons. The monoisotopic (exact) mass is 618 g/mol. The zero-order valence-electron chi connectivity index (χ0n) is 27.0. The van der Waals surface area contributed by atoms with Crippen LogP contribution in [0.1, 0.15) is 26.3 Å². The van der Waals surface area contributed by atoms with E-state index in [1.165, 1.54) is 75.3 Å². The third kappa shape index (κ3) is 5.39. The summed E-state index contributed by atoms with van der Waals surface area (Å²) in [5.74, 6) is 0. The molecule has 0 fully saturated rings. The quantitative estimate of drug-likeness (QED) is 0.0947. The van der Waals surface area contributed by atoms with Gasteiger partial charge in [0.2, 0.25) is 0 Å². The van der Waals surface area contributed by atoms with Gasteiger partial charge in [-0.3, -0.25) is 0 Å². The predicted octanol–water partition coefficient (Wildman–Crippen LogP) is 12.5. The first kappa shape index (κ1) is 30.5. The van der Waals surface area contributed by atoms with Gasteiger partial charge in [0.15, 0.2) is 0 Å². The number of thiophene rings is 1. The molecule has 2 heteroatoms. The average Bonchev–Trinajstić information content (AvgIpc) is 3.50. The molecule has 0 aliphatic heterocycles. The number of allylic oxidation sites excluding steroid dienone is 9.